The van der Waals surface area contributed by atoms with E-state index in [-0.39, 0.29) is 5.91 Å². The minimum atomic E-state index is -0.143. The number of carbonyl (C=O) groups excluding carboxylic acids is 1. The van der Waals surface area contributed by atoms with Gasteiger partial charge in [0.15, 0.2) is 0 Å². The lowest BCUT2D eigenvalue weighted by molar-refractivity contribution is 0.0951. The number of rotatable bonds is 12. The molecule has 1 heterocycles. The van der Waals surface area contributed by atoms with Crippen molar-refractivity contribution in [3.05, 3.63) is 65.5 Å². The van der Waals surface area contributed by atoms with E-state index in [4.69, 9.17) is 5.21 Å². The summed E-state index contributed by atoms with van der Waals surface area (Å²) in [4.78, 5) is 20.8. The van der Waals surface area contributed by atoms with E-state index in [0.717, 1.165) is 39.0 Å². The predicted molar refractivity (Wildman–Crippen MR) is 115 cm³/mol. The Hall–Kier alpha value is -2.77. The molecule has 0 aliphatic carbocycles. The topological polar surface area (TPSA) is 81.1 Å². The van der Waals surface area contributed by atoms with E-state index in [9.17, 15) is 4.79 Å². The number of nitrogens with one attached hydrogen (secondary N) is 1. The van der Waals surface area contributed by atoms with Crippen LogP contribution in [0.2, 0.25) is 0 Å². The van der Waals surface area contributed by atoms with Crippen molar-refractivity contribution in [1.29, 1.82) is 0 Å². The number of amides is 1. The quantitative estimate of drug-likeness (QED) is 0.249. The molecule has 156 valence electrons. The molecule has 0 unspecified atom stereocenters. The first-order valence-corrected chi connectivity index (χ1v) is 9.91. The highest BCUT2D eigenvalue weighted by Crippen LogP contribution is 2.03. The minimum absolute atomic E-state index is 0.143. The number of hydrogen-bond donors (Lipinski definition) is 2. The van der Waals surface area contributed by atoms with Gasteiger partial charge in [0.05, 0.1) is 17.5 Å². The maximum atomic E-state index is 12.1. The van der Waals surface area contributed by atoms with Crippen LogP contribution in [0.15, 0.2) is 53.8 Å². The number of benzene rings is 1. The molecule has 1 amide bonds. The number of carbonyl (C=O) groups is 1. The third kappa shape index (κ3) is 8.85. The van der Waals surface area contributed by atoms with Crippen molar-refractivity contribution in [1.82, 2.24) is 20.1 Å². The molecule has 1 aromatic heterocycles. The van der Waals surface area contributed by atoms with Crippen LogP contribution in [0.4, 0.5) is 0 Å². The highest BCUT2D eigenvalue weighted by molar-refractivity contribution is 5.94. The van der Waals surface area contributed by atoms with Gasteiger partial charge in [0.1, 0.15) is 0 Å². The van der Waals surface area contributed by atoms with Crippen LogP contribution in [0, 0.1) is 0 Å². The summed E-state index contributed by atoms with van der Waals surface area (Å²) in [6.45, 7) is 4.62. The highest BCUT2D eigenvalue weighted by Gasteiger charge is 2.06. The lowest BCUT2D eigenvalue weighted by atomic mass is 10.2. The molecule has 7 heteroatoms. The number of hydrogen-bond acceptors (Lipinski definition) is 6. The van der Waals surface area contributed by atoms with E-state index in [0.29, 0.717) is 17.8 Å². The first-order chi connectivity index (χ1) is 14.1. The van der Waals surface area contributed by atoms with Crippen molar-refractivity contribution in [3.63, 3.8) is 0 Å². The molecule has 29 heavy (non-hydrogen) atoms. The van der Waals surface area contributed by atoms with Crippen LogP contribution >= 0.6 is 0 Å². The average Bonchev–Trinajstić information content (AvgIpc) is 2.72. The van der Waals surface area contributed by atoms with E-state index < -0.39 is 0 Å². The molecule has 0 saturated carbocycles. The number of nitrogens with zero attached hydrogens (tertiary/aromatic N) is 4. The molecular formula is C22H31N5O2. The Morgan fingerprint density at radius 3 is 2.48 bits per heavy atom. The van der Waals surface area contributed by atoms with Gasteiger partial charge in [0, 0.05) is 19.3 Å². The van der Waals surface area contributed by atoms with Crippen LogP contribution in [0.1, 0.15) is 34.5 Å². The van der Waals surface area contributed by atoms with Crippen molar-refractivity contribution >= 4 is 12.1 Å². The Kier molecular flexibility index (Phi) is 9.82. The van der Waals surface area contributed by atoms with Gasteiger partial charge in [-0.3, -0.25) is 9.78 Å². The maximum absolute atomic E-state index is 12.1. The second-order valence-corrected chi connectivity index (χ2v) is 7.21. The Labute approximate surface area is 173 Å². The van der Waals surface area contributed by atoms with Crippen molar-refractivity contribution in [2.75, 3.05) is 40.3 Å². The molecule has 0 bridgehead atoms. The van der Waals surface area contributed by atoms with Gasteiger partial charge in [-0.05, 0) is 64.3 Å². The molecule has 0 fully saturated rings. The summed E-state index contributed by atoms with van der Waals surface area (Å²) in [6, 6.07) is 13.8. The van der Waals surface area contributed by atoms with Crippen LogP contribution in [-0.2, 0) is 6.54 Å². The highest BCUT2D eigenvalue weighted by atomic mass is 16.4. The molecular weight excluding hydrogens is 366 g/mol. The van der Waals surface area contributed by atoms with Gasteiger partial charge in [0.25, 0.3) is 5.91 Å². The van der Waals surface area contributed by atoms with E-state index in [1.807, 2.05) is 6.07 Å². The Morgan fingerprint density at radius 1 is 1.07 bits per heavy atom. The van der Waals surface area contributed by atoms with Crippen LogP contribution < -0.4 is 5.32 Å². The minimum Gasteiger partial charge on any atom is -0.411 e. The maximum Gasteiger partial charge on any atom is 0.252 e. The molecule has 1 aromatic carbocycles. The zero-order chi connectivity index (χ0) is 20.9. The van der Waals surface area contributed by atoms with Crippen molar-refractivity contribution in [2.24, 2.45) is 5.16 Å². The van der Waals surface area contributed by atoms with E-state index >= 15 is 0 Å². The van der Waals surface area contributed by atoms with Gasteiger partial charge < -0.3 is 20.3 Å². The number of aromatic nitrogens is 1. The molecule has 0 aliphatic rings. The molecule has 0 aliphatic heterocycles. The molecule has 7 nitrogen and oxygen atoms in total. The van der Waals surface area contributed by atoms with Gasteiger partial charge >= 0.3 is 0 Å². The molecule has 0 radical (unpaired) electrons. The number of oxime groups is 1. The van der Waals surface area contributed by atoms with Crippen molar-refractivity contribution in [2.45, 2.75) is 19.4 Å². The van der Waals surface area contributed by atoms with E-state index in [1.165, 1.54) is 18.0 Å². The normalized spacial score (nSPS) is 11.4. The SMILES string of the molecule is CN(CCCNC(=O)c1ccc(/C=N/O)nc1)CCCN(C)Cc1ccccc1. The number of pyridine rings is 1. The monoisotopic (exact) mass is 397 g/mol. The zero-order valence-corrected chi connectivity index (χ0v) is 17.3. The van der Waals surface area contributed by atoms with Crippen LogP contribution in [0.25, 0.3) is 0 Å². The summed E-state index contributed by atoms with van der Waals surface area (Å²) < 4.78 is 0. The second-order valence-electron chi connectivity index (χ2n) is 7.21. The molecule has 0 spiro atoms. The summed E-state index contributed by atoms with van der Waals surface area (Å²) in [5.74, 6) is -0.143. The smallest absolute Gasteiger partial charge is 0.252 e. The Bertz CT molecular complexity index is 750. The first-order valence-electron chi connectivity index (χ1n) is 9.91. The first kappa shape index (κ1) is 22.5. The Morgan fingerprint density at radius 2 is 1.79 bits per heavy atom. The molecule has 2 aromatic rings. The van der Waals surface area contributed by atoms with Crippen molar-refractivity contribution in [3.8, 4) is 0 Å². The molecule has 2 N–H and O–H groups in total. The Balaban J connectivity index is 1.56. The van der Waals surface area contributed by atoms with Gasteiger partial charge in [-0.25, -0.2) is 0 Å². The second kappa shape index (κ2) is 12.6. The van der Waals surface area contributed by atoms with Gasteiger partial charge in [0.2, 0.25) is 0 Å². The predicted octanol–water partition coefficient (Wildman–Crippen LogP) is 2.46. The van der Waals surface area contributed by atoms with E-state index in [1.54, 1.807) is 12.1 Å². The summed E-state index contributed by atoms with van der Waals surface area (Å²) in [5.41, 5.74) is 2.33. The summed E-state index contributed by atoms with van der Waals surface area (Å²) in [5, 5.41) is 14.3. The van der Waals surface area contributed by atoms with Gasteiger partial charge in [-0.2, -0.15) is 0 Å². The summed E-state index contributed by atoms with van der Waals surface area (Å²) >= 11 is 0. The standard InChI is InChI=1S/C22H31N5O2/c1-26(14-7-15-27(2)18-19-8-4-3-5-9-19)13-6-12-23-22(28)20-10-11-21(17-25-29)24-16-20/h3-5,8-11,16-17,29H,6-7,12-15,18H2,1-2H3,(H,23,28)/b25-17+. The van der Waals surface area contributed by atoms with Crippen LogP contribution in [-0.4, -0.2) is 72.4 Å². The molecule has 2 rings (SSSR count). The van der Waals surface area contributed by atoms with Gasteiger partial charge in [-0.15, -0.1) is 0 Å². The fourth-order valence-electron chi connectivity index (χ4n) is 3.02. The van der Waals surface area contributed by atoms with Crippen molar-refractivity contribution < 1.29 is 10.0 Å². The third-order valence-corrected chi connectivity index (χ3v) is 4.62. The third-order valence-electron chi connectivity index (χ3n) is 4.62. The fraction of sp³-hybridized carbons (Fsp3) is 0.409. The summed E-state index contributed by atoms with van der Waals surface area (Å²) in [7, 11) is 4.27. The van der Waals surface area contributed by atoms with Crippen LogP contribution in [0.3, 0.4) is 0 Å². The largest absolute Gasteiger partial charge is 0.411 e. The van der Waals surface area contributed by atoms with Gasteiger partial charge in [-0.1, -0.05) is 35.5 Å². The summed E-state index contributed by atoms with van der Waals surface area (Å²) in [6.07, 6.45) is 4.70. The zero-order valence-electron chi connectivity index (χ0n) is 17.3. The molecule has 0 saturated heterocycles. The average molecular weight is 398 g/mol. The fourth-order valence-corrected chi connectivity index (χ4v) is 3.02. The lowest BCUT2D eigenvalue weighted by Gasteiger charge is -2.20. The molecule has 0 atom stereocenters. The van der Waals surface area contributed by atoms with E-state index in [2.05, 4.69) is 63.6 Å². The lowest BCUT2D eigenvalue weighted by Crippen LogP contribution is -2.30. The van der Waals surface area contributed by atoms with Crippen LogP contribution in [0.5, 0.6) is 0 Å².